The van der Waals surface area contributed by atoms with Crippen LogP contribution in [0.25, 0.3) is 11.1 Å². The maximum absolute atomic E-state index is 12.7. The zero-order valence-electron chi connectivity index (χ0n) is 15.1. The lowest BCUT2D eigenvalue weighted by molar-refractivity contribution is 0.0951. The van der Waals surface area contributed by atoms with Crippen LogP contribution in [0.5, 0.6) is 0 Å². The molecule has 3 heterocycles. The molecule has 3 aromatic rings. The molecule has 4 rings (SSSR count). The number of pyridine rings is 1. The van der Waals surface area contributed by atoms with Crippen LogP contribution in [-0.4, -0.2) is 26.4 Å². The van der Waals surface area contributed by atoms with E-state index in [-0.39, 0.29) is 11.4 Å². The molecule has 1 amide bonds. The van der Waals surface area contributed by atoms with Crippen LogP contribution in [0.2, 0.25) is 0 Å². The molecule has 0 unspecified atom stereocenters. The summed E-state index contributed by atoms with van der Waals surface area (Å²) in [6, 6.07) is 3.87. The lowest BCUT2D eigenvalue weighted by Crippen LogP contribution is -2.24. The third-order valence-electron chi connectivity index (χ3n) is 4.61. The first-order chi connectivity index (χ1) is 12.4. The first-order valence-corrected chi connectivity index (χ1v) is 8.67. The molecule has 1 saturated carbocycles. The van der Waals surface area contributed by atoms with E-state index >= 15 is 0 Å². The van der Waals surface area contributed by atoms with E-state index in [1.165, 1.54) is 6.26 Å². The Balaban J connectivity index is 1.62. The molecule has 0 bridgehead atoms. The molecule has 0 saturated heterocycles. The SMILES string of the molecule is Cc1ccnc(CNC(=O)c2coc3nc(C)nc(NC4(C)CC4)c23)c1. The van der Waals surface area contributed by atoms with Crippen molar-refractivity contribution in [3.63, 3.8) is 0 Å². The summed E-state index contributed by atoms with van der Waals surface area (Å²) in [5, 5.41) is 6.96. The number of anilines is 1. The molecule has 134 valence electrons. The lowest BCUT2D eigenvalue weighted by Gasteiger charge is -2.14. The Kier molecular flexibility index (Phi) is 3.86. The van der Waals surface area contributed by atoms with Crippen molar-refractivity contribution in [1.82, 2.24) is 20.3 Å². The Bertz CT molecular complexity index is 991. The van der Waals surface area contributed by atoms with Gasteiger partial charge in [0.1, 0.15) is 17.9 Å². The molecule has 7 nitrogen and oxygen atoms in total. The van der Waals surface area contributed by atoms with Crippen LogP contribution >= 0.6 is 0 Å². The van der Waals surface area contributed by atoms with Crippen molar-refractivity contribution in [3.05, 3.63) is 47.2 Å². The average Bonchev–Trinajstić information content (AvgIpc) is 3.15. The number of carbonyl (C=O) groups excluding carboxylic acids is 1. The van der Waals surface area contributed by atoms with Crippen LogP contribution in [0.15, 0.2) is 29.0 Å². The Labute approximate surface area is 151 Å². The van der Waals surface area contributed by atoms with Crippen molar-refractivity contribution in [2.75, 3.05) is 5.32 Å². The van der Waals surface area contributed by atoms with Crippen LogP contribution in [0.1, 0.15) is 47.2 Å². The van der Waals surface area contributed by atoms with E-state index in [9.17, 15) is 4.79 Å². The third kappa shape index (κ3) is 3.24. The molecule has 1 aliphatic rings. The van der Waals surface area contributed by atoms with Gasteiger partial charge in [-0.25, -0.2) is 4.98 Å². The second-order valence-corrected chi connectivity index (χ2v) is 7.14. The predicted octanol–water partition coefficient (Wildman–Crippen LogP) is 3.13. The molecule has 7 heteroatoms. The smallest absolute Gasteiger partial charge is 0.255 e. The zero-order chi connectivity index (χ0) is 18.3. The number of aryl methyl sites for hydroxylation is 2. The maximum atomic E-state index is 12.7. The summed E-state index contributed by atoms with van der Waals surface area (Å²) in [5.74, 6) is 1.03. The van der Waals surface area contributed by atoms with Crippen molar-refractivity contribution < 1.29 is 9.21 Å². The summed E-state index contributed by atoms with van der Waals surface area (Å²) < 4.78 is 5.53. The molecule has 3 aromatic heterocycles. The van der Waals surface area contributed by atoms with Crippen molar-refractivity contribution in [1.29, 1.82) is 0 Å². The van der Waals surface area contributed by atoms with Gasteiger partial charge in [0.15, 0.2) is 0 Å². The fourth-order valence-electron chi connectivity index (χ4n) is 2.87. The number of hydrogen-bond acceptors (Lipinski definition) is 6. The molecule has 1 aliphatic carbocycles. The summed E-state index contributed by atoms with van der Waals surface area (Å²) >= 11 is 0. The molecule has 0 spiro atoms. The fraction of sp³-hybridized carbons (Fsp3) is 0.368. The number of aromatic nitrogens is 3. The number of fused-ring (bicyclic) bond motifs is 1. The minimum atomic E-state index is -0.233. The number of nitrogens with one attached hydrogen (secondary N) is 2. The monoisotopic (exact) mass is 351 g/mol. The van der Waals surface area contributed by atoms with Crippen molar-refractivity contribution in [2.24, 2.45) is 0 Å². The molecule has 26 heavy (non-hydrogen) atoms. The first-order valence-electron chi connectivity index (χ1n) is 8.67. The molecule has 0 aliphatic heterocycles. The second kappa shape index (κ2) is 6.09. The average molecular weight is 351 g/mol. The van der Waals surface area contributed by atoms with Gasteiger partial charge in [-0.05, 0) is 51.3 Å². The van der Waals surface area contributed by atoms with E-state index in [0.717, 1.165) is 24.1 Å². The van der Waals surface area contributed by atoms with Gasteiger partial charge in [-0.1, -0.05) is 0 Å². The summed E-state index contributed by atoms with van der Waals surface area (Å²) in [4.78, 5) is 25.8. The summed E-state index contributed by atoms with van der Waals surface area (Å²) in [6.07, 6.45) is 5.34. The predicted molar refractivity (Wildman–Crippen MR) is 97.9 cm³/mol. The number of rotatable bonds is 5. The van der Waals surface area contributed by atoms with Crippen molar-refractivity contribution >= 4 is 22.8 Å². The minimum Gasteiger partial charge on any atom is -0.445 e. The largest absolute Gasteiger partial charge is 0.445 e. The summed E-state index contributed by atoms with van der Waals surface area (Å²) in [7, 11) is 0. The van der Waals surface area contributed by atoms with Crippen LogP contribution in [0.4, 0.5) is 5.82 Å². The highest BCUT2D eigenvalue weighted by molar-refractivity contribution is 6.08. The highest BCUT2D eigenvalue weighted by Crippen LogP contribution is 2.39. The molecule has 1 fully saturated rings. The van der Waals surface area contributed by atoms with Crippen LogP contribution in [0.3, 0.4) is 0 Å². The van der Waals surface area contributed by atoms with E-state index in [1.807, 2.05) is 26.0 Å². The molecule has 0 atom stereocenters. The molecular weight excluding hydrogens is 330 g/mol. The Hall–Kier alpha value is -2.96. The third-order valence-corrected chi connectivity index (χ3v) is 4.61. The van der Waals surface area contributed by atoms with Gasteiger partial charge < -0.3 is 15.1 Å². The van der Waals surface area contributed by atoms with Crippen LogP contribution in [-0.2, 0) is 6.54 Å². The Morgan fingerprint density at radius 3 is 2.85 bits per heavy atom. The Morgan fingerprint density at radius 1 is 1.31 bits per heavy atom. The van der Waals surface area contributed by atoms with Gasteiger partial charge in [0.2, 0.25) is 5.71 Å². The normalized spacial score (nSPS) is 15.0. The van der Waals surface area contributed by atoms with Gasteiger partial charge in [-0.15, -0.1) is 0 Å². The second-order valence-electron chi connectivity index (χ2n) is 7.14. The van der Waals surface area contributed by atoms with Crippen molar-refractivity contribution in [2.45, 2.75) is 45.7 Å². The number of nitrogens with zero attached hydrogens (tertiary/aromatic N) is 3. The minimum absolute atomic E-state index is 0.0320. The van der Waals surface area contributed by atoms with Crippen LogP contribution in [0, 0.1) is 13.8 Å². The topological polar surface area (TPSA) is 92.9 Å². The molecule has 2 N–H and O–H groups in total. The van der Waals surface area contributed by atoms with Gasteiger partial charge in [-0.3, -0.25) is 9.78 Å². The highest BCUT2D eigenvalue weighted by Gasteiger charge is 2.38. The zero-order valence-corrected chi connectivity index (χ0v) is 15.1. The van der Waals surface area contributed by atoms with Gasteiger partial charge in [0.05, 0.1) is 23.2 Å². The van der Waals surface area contributed by atoms with E-state index in [0.29, 0.717) is 34.9 Å². The standard InChI is InChI=1S/C19H21N5O2/c1-11-4-7-20-13(8-11)9-21-17(25)14-10-26-18-15(14)16(22-12(2)23-18)24-19(3)5-6-19/h4,7-8,10H,5-6,9H2,1-3H3,(H,21,25)(H,22,23,24). The first kappa shape index (κ1) is 16.5. The number of amides is 1. The van der Waals surface area contributed by atoms with Gasteiger partial charge >= 0.3 is 0 Å². The van der Waals surface area contributed by atoms with Crippen LogP contribution < -0.4 is 10.6 Å². The van der Waals surface area contributed by atoms with Gasteiger partial charge in [0, 0.05) is 11.7 Å². The molecule has 0 aromatic carbocycles. The van der Waals surface area contributed by atoms with Gasteiger partial charge in [-0.2, -0.15) is 4.98 Å². The van der Waals surface area contributed by atoms with E-state index in [4.69, 9.17) is 4.42 Å². The maximum Gasteiger partial charge on any atom is 0.255 e. The number of hydrogen-bond donors (Lipinski definition) is 2. The van der Waals surface area contributed by atoms with E-state index in [2.05, 4.69) is 32.5 Å². The number of carbonyl (C=O) groups is 1. The van der Waals surface area contributed by atoms with Crippen molar-refractivity contribution in [3.8, 4) is 0 Å². The lowest BCUT2D eigenvalue weighted by atomic mass is 10.2. The molecule has 0 radical (unpaired) electrons. The van der Waals surface area contributed by atoms with E-state index in [1.54, 1.807) is 6.20 Å². The van der Waals surface area contributed by atoms with E-state index < -0.39 is 0 Å². The van der Waals surface area contributed by atoms with Gasteiger partial charge in [0.25, 0.3) is 5.91 Å². The quantitative estimate of drug-likeness (QED) is 0.733. The number of furan rings is 1. The summed E-state index contributed by atoms with van der Waals surface area (Å²) in [5.41, 5.74) is 2.79. The summed E-state index contributed by atoms with van der Waals surface area (Å²) in [6.45, 7) is 6.29. The fourth-order valence-corrected chi connectivity index (χ4v) is 2.87. The highest BCUT2D eigenvalue weighted by atomic mass is 16.3. The Morgan fingerprint density at radius 2 is 2.12 bits per heavy atom. The molecular formula is C19H21N5O2.